The van der Waals surface area contributed by atoms with E-state index in [1.165, 1.54) is 81.3 Å². The van der Waals surface area contributed by atoms with Crippen LogP contribution in [-0.2, 0) is 0 Å². The number of para-hydroxylation sites is 4. The van der Waals surface area contributed by atoms with Gasteiger partial charge in [0.1, 0.15) is 0 Å². The van der Waals surface area contributed by atoms with Crippen molar-refractivity contribution in [3.8, 4) is 51.2 Å². The average molecular weight is 955 g/mol. The van der Waals surface area contributed by atoms with Gasteiger partial charge in [-0.3, -0.25) is 0 Å². The maximum Gasteiger partial charge on any atom is 0.164 e. The summed E-state index contributed by atoms with van der Waals surface area (Å²) in [5.41, 5.74) is 13.2. The number of benzene rings is 12. The summed E-state index contributed by atoms with van der Waals surface area (Å²) in [5, 5.41) is 14.4. The zero-order chi connectivity index (χ0) is 49.1. The van der Waals surface area contributed by atoms with E-state index in [0.29, 0.717) is 17.5 Å². The second-order valence-corrected chi connectivity index (χ2v) is 19.6. The van der Waals surface area contributed by atoms with Crippen LogP contribution in [0.2, 0.25) is 0 Å². The Hall–Kier alpha value is -10.2. The van der Waals surface area contributed by atoms with Crippen LogP contribution in [0, 0.1) is 0 Å². The number of nitrogens with zero attached hydrogens (tertiary/aromatic N) is 6. The molecular formula is C69H42N6. The topological polar surface area (TPSA) is 53.5 Å². The van der Waals surface area contributed by atoms with E-state index in [0.717, 1.165) is 50.2 Å². The third kappa shape index (κ3) is 6.30. The van der Waals surface area contributed by atoms with Crippen LogP contribution in [-0.4, -0.2) is 28.7 Å². The lowest BCUT2D eigenvalue weighted by atomic mass is 9.93. The first-order valence-electron chi connectivity index (χ1n) is 25.5. The molecule has 0 unspecified atom stereocenters. The van der Waals surface area contributed by atoms with E-state index in [9.17, 15) is 0 Å². The van der Waals surface area contributed by atoms with Crippen molar-refractivity contribution in [3.63, 3.8) is 0 Å². The predicted octanol–water partition coefficient (Wildman–Crippen LogP) is 17.6. The predicted molar refractivity (Wildman–Crippen MR) is 312 cm³/mol. The molecule has 12 aromatic carbocycles. The van der Waals surface area contributed by atoms with Crippen molar-refractivity contribution in [1.29, 1.82) is 0 Å². The van der Waals surface area contributed by atoms with E-state index in [-0.39, 0.29) is 0 Å². The first kappa shape index (κ1) is 41.4. The molecule has 0 radical (unpaired) electrons. The van der Waals surface area contributed by atoms with Crippen LogP contribution in [0.4, 0.5) is 0 Å². The summed E-state index contributed by atoms with van der Waals surface area (Å²) in [4.78, 5) is 15.2. The first-order chi connectivity index (χ1) is 37.2. The smallest absolute Gasteiger partial charge is 0.164 e. The Morgan fingerprint density at radius 1 is 0.187 bits per heavy atom. The Balaban J connectivity index is 0.913. The third-order valence-electron chi connectivity index (χ3n) is 15.4. The van der Waals surface area contributed by atoms with Gasteiger partial charge in [-0.2, -0.15) is 0 Å². The summed E-state index contributed by atoms with van der Waals surface area (Å²) in [5.74, 6) is 1.93. The van der Waals surface area contributed by atoms with Crippen LogP contribution in [0.1, 0.15) is 0 Å². The van der Waals surface area contributed by atoms with Crippen molar-refractivity contribution in [2.45, 2.75) is 0 Å². The lowest BCUT2D eigenvalue weighted by molar-refractivity contribution is 1.07. The molecule has 0 amide bonds. The molecule has 0 atom stereocenters. The zero-order valence-corrected chi connectivity index (χ0v) is 40.4. The van der Waals surface area contributed by atoms with Crippen molar-refractivity contribution in [2.75, 3.05) is 0 Å². The number of hydrogen-bond acceptors (Lipinski definition) is 3. The molecule has 0 aliphatic carbocycles. The quantitative estimate of drug-likeness (QED) is 0.156. The maximum atomic E-state index is 5.10. The van der Waals surface area contributed by atoms with Crippen molar-refractivity contribution in [1.82, 2.24) is 28.7 Å². The van der Waals surface area contributed by atoms with E-state index in [4.69, 9.17) is 15.0 Å². The molecule has 0 saturated heterocycles. The molecular weight excluding hydrogens is 913 g/mol. The summed E-state index contributed by atoms with van der Waals surface area (Å²) < 4.78 is 7.31. The monoisotopic (exact) mass is 954 g/mol. The van der Waals surface area contributed by atoms with Crippen LogP contribution in [0.15, 0.2) is 255 Å². The van der Waals surface area contributed by atoms with E-state index in [1.54, 1.807) is 0 Å². The van der Waals surface area contributed by atoms with Gasteiger partial charge in [0.05, 0.1) is 33.1 Å². The van der Waals surface area contributed by atoms with Gasteiger partial charge in [0.25, 0.3) is 0 Å². The molecule has 0 aliphatic rings. The number of hydrogen-bond donors (Lipinski definition) is 0. The molecule has 0 saturated carbocycles. The summed E-state index contributed by atoms with van der Waals surface area (Å²) >= 11 is 0. The Kier molecular flexibility index (Phi) is 8.94. The fourth-order valence-electron chi connectivity index (χ4n) is 12.1. The fraction of sp³-hybridized carbons (Fsp3) is 0. The Labute approximate surface area is 430 Å². The minimum absolute atomic E-state index is 0.637. The van der Waals surface area contributed by atoms with Gasteiger partial charge in [-0.15, -0.1) is 0 Å². The largest absolute Gasteiger partial charge is 0.309 e. The van der Waals surface area contributed by atoms with Crippen molar-refractivity contribution in [3.05, 3.63) is 255 Å². The number of aromatic nitrogens is 6. The van der Waals surface area contributed by atoms with Gasteiger partial charge in [0.15, 0.2) is 17.5 Å². The first-order valence-corrected chi connectivity index (χ1v) is 25.5. The molecule has 0 spiro atoms. The van der Waals surface area contributed by atoms with E-state index in [1.807, 2.05) is 36.4 Å². The lowest BCUT2D eigenvalue weighted by Gasteiger charge is -2.15. The SMILES string of the molecule is c1ccc(-c2nc(-c3ccccc3)nc(-c3ccc4c5ccc(-n6c7ccc(-n8c9ccccc9c9ccccc98)cc7c7cc(-n8c9ccccc9c9ccccc98)ccc76)cc5c5ccccc5c4c3)n2)cc1. The molecule has 4 heterocycles. The van der Waals surface area contributed by atoms with E-state index >= 15 is 0 Å². The van der Waals surface area contributed by atoms with Gasteiger partial charge in [0, 0.05) is 66.1 Å². The molecule has 0 fully saturated rings. The molecule has 348 valence electrons. The van der Waals surface area contributed by atoms with Gasteiger partial charge in [0.2, 0.25) is 0 Å². The van der Waals surface area contributed by atoms with Crippen LogP contribution in [0.3, 0.4) is 0 Å². The standard InChI is InChI=1S/C69H42N6/c1-3-17-43(18-4-1)67-70-68(44-19-5-2-6-20-44)72-69(71-67)45-31-35-51-52-36-32-46(40-58(52)50-22-8-7-21-49(50)57(51)39-45)75-65-37-33-47(73-61-27-13-9-23-53(61)54-24-10-14-28-62(54)73)41-59(65)60-42-48(34-38-66(60)75)74-63-29-15-11-25-55(63)56-26-12-16-30-64(56)74/h1-42H. The lowest BCUT2D eigenvalue weighted by Crippen LogP contribution is -2.00. The highest BCUT2D eigenvalue weighted by atomic mass is 15.0. The normalized spacial score (nSPS) is 12.0. The summed E-state index contributed by atoms with van der Waals surface area (Å²) in [7, 11) is 0. The van der Waals surface area contributed by atoms with Crippen LogP contribution >= 0.6 is 0 Å². The molecule has 0 bridgehead atoms. The van der Waals surface area contributed by atoms with Crippen LogP contribution in [0.5, 0.6) is 0 Å². The Morgan fingerprint density at radius 2 is 0.480 bits per heavy atom. The van der Waals surface area contributed by atoms with Crippen molar-refractivity contribution < 1.29 is 0 Å². The summed E-state index contributed by atoms with van der Waals surface area (Å²) in [6.07, 6.45) is 0. The van der Waals surface area contributed by atoms with Gasteiger partial charge in [-0.05, 0) is 111 Å². The highest BCUT2D eigenvalue weighted by Crippen LogP contribution is 2.42. The molecule has 16 rings (SSSR count). The van der Waals surface area contributed by atoms with Gasteiger partial charge in [-0.1, -0.05) is 176 Å². The second kappa shape index (κ2) is 16.2. The Bertz CT molecular complexity index is 4650. The zero-order valence-electron chi connectivity index (χ0n) is 40.4. The fourth-order valence-corrected chi connectivity index (χ4v) is 12.1. The molecule has 6 nitrogen and oxygen atoms in total. The van der Waals surface area contributed by atoms with Crippen LogP contribution in [0.25, 0.3) is 149 Å². The maximum absolute atomic E-state index is 5.10. The molecule has 0 aliphatic heterocycles. The average Bonchev–Trinajstić information content (AvgIpc) is 4.17. The van der Waals surface area contributed by atoms with E-state index in [2.05, 4.69) is 232 Å². The minimum Gasteiger partial charge on any atom is -0.309 e. The summed E-state index contributed by atoms with van der Waals surface area (Å²) in [6.45, 7) is 0. The van der Waals surface area contributed by atoms with Crippen molar-refractivity contribution in [2.24, 2.45) is 0 Å². The number of fused-ring (bicyclic) bond motifs is 15. The van der Waals surface area contributed by atoms with Gasteiger partial charge >= 0.3 is 0 Å². The molecule has 0 N–H and O–H groups in total. The molecule has 4 aromatic heterocycles. The van der Waals surface area contributed by atoms with Crippen LogP contribution < -0.4 is 0 Å². The molecule has 75 heavy (non-hydrogen) atoms. The minimum atomic E-state index is 0.637. The molecule has 16 aromatic rings. The summed E-state index contributed by atoms with van der Waals surface area (Å²) in [6, 6.07) is 91.9. The van der Waals surface area contributed by atoms with E-state index < -0.39 is 0 Å². The molecule has 6 heteroatoms. The van der Waals surface area contributed by atoms with Gasteiger partial charge < -0.3 is 13.7 Å². The highest BCUT2D eigenvalue weighted by molar-refractivity contribution is 6.26. The third-order valence-corrected chi connectivity index (χ3v) is 15.4. The number of rotatable bonds is 6. The van der Waals surface area contributed by atoms with Gasteiger partial charge in [-0.25, -0.2) is 15.0 Å². The second-order valence-electron chi connectivity index (χ2n) is 19.6. The highest BCUT2D eigenvalue weighted by Gasteiger charge is 2.21. The Morgan fingerprint density at radius 3 is 0.907 bits per heavy atom. The van der Waals surface area contributed by atoms with Crippen molar-refractivity contribution >= 4 is 97.7 Å².